The molecule has 2 aromatic carbocycles. The molecule has 0 aliphatic rings. The van der Waals surface area contributed by atoms with E-state index in [0.717, 1.165) is 36.3 Å². The maximum atomic E-state index is 12.4. The van der Waals surface area contributed by atoms with Crippen LogP contribution in [0.2, 0.25) is 10.0 Å². The lowest BCUT2D eigenvalue weighted by atomic mass is 10.1. The van der Waals surface area contributed by atoms with Gasteiger partial charge in [-0.05, 0) is 30.2 Å². The van der Waals surface area contributed by atoms with Crippen LogP contribution in [-0.2, 0) is 12.2 Å². The van der Waals surface area contributed by atoms with Crippen LogP contribution in [0.25, 0.3) is 5.69 Å². The number of nitrogens with zero attached hydrogens (tertiary/aromatic N) is 4. The number of thioether (sulfide) groups is 1. The Kier molecular flexibility index (Phi) is 9.44. The van der Waals surface area contributed by atoms with E-state index < -0.39 is 0 Å². The first-order valence-electron chi connectivity index (χ1n) is 11.8. The van der Waals surface area contributed by atoms with E-state index in [2.05, 4.69) is 27.4 Å². The van der Waals surface area contributed by atoms with Crippen molar-refractivity contribution in [3.05, 3.63) is 87.8 Å². The second-order valence-corrected chi connectivity index (χ2v) is 9.98. The predicted octanol–water partition coefficient (Wildman–Crippen LogP) is 6.76. The first-order chi connectivity index (χ1) is 17.5. The van der Waals surface area contributed by atoms with E-state index in [1.165, 1.54) is 24.4 Å². The van der Waals surface area contributed by atoms with Crippen LogP contribution in [0.15, 0.2) is 64.4 Å². The number of carbonyl (C=O) groups excluding carboxylic acids is 1. The SMILES string of the molecule is CCCCCCNC(=O)c1coc(CSc2nnc(Cc3ccccc3)n2-c2ccc(Cl)c(Cl)c2)n1. The molecule has 0 spiro atoms. The topological polar surface area (TPSA) is 85.8 Å². The fourth-order valence-electron chi connectivity index (χ4n) is 3.62. The number of unbranched alkanes of at least 4 members (excludes halogenated alkanes) is 3. The van der Waals surface area contributed by atoms with Gasteiger partial charge >= 0.3 is 0 Å². The minimum Gasteiger partial charge on any atom is -0.447 e. The van der Waals surface area contributed by atoms with Crippen LogP contribution in [0.4, 0.5) is 0 Å². The Morgan fingerprint density at radius 1 is 1.06 bits per heavy atom. The van der Waals surface area contributed by atoms with Gasteiger partial charge in [0.1, 0.15) is 12.1 Å². The maximum absolute atomic E-state index is 12.4. The minimum absolute atomic E-state index is 0.226. The number of nitrogens with one attached hydrogen (secondary N) is 1. The summed E-state index contributed by atoms with van der Waals surface area (Å²) >= 11 is 13.9. The molecule has 1 amide bonds. The molecule has 0 saturated heterocycles. The molecule has 0 radical (unpaired) electrons. The number of rotatable bonds is 12. The summed E-state index contributed by atoms with van der Waals surface area (Å²) in [6.45, 7) is 2.79. The Bertz CT molecular complexity index is 1290. The highest BCUT2D eigenvalue weighted by Crippen LogP contribution is 2.30. The zero-order valence-corrected chi connectivity index (χ0v) is 22.2. The van der Waals surface area contributed by atoms with Gasteiger partial charge in [0.05, 0.1) is 21.5 Å². The van der Waals surface area contributed by atoms with Crippen molar-refractivity contribution in [1.82, 2.24) is 25.1 Å². The van der Waals surface area contributed by atoms with Crippen LogP contribution in [0.1, 0.15) is 60.4 Å². The number of benzene rings is 2. The van der Waals surface area contributed by atoms with E-state index in [1.807, 2.05) is 41.0 Å². The van der Waals surface area contributed by atoms with Crippen molar-refractivity contribution >= 4 is 40.9 Å². The standard InChI is InChI=1S/C26H27Cl2N5O2S/c1-2-3-4-8-13-29-25(34)22-16-35-24(30-22)17-36-26-32-31-23(14-18-9-6-5-7-10-18)33(26)19-11-12-20(27)21(28)15-19/h5-7,9-12,15-16H,2-4,8,13-14,17H2,1H3,(H,29,34). The summed E-state index contributed by atoms with van der Waals surface area (Å²) in [4.78, 5) is 16.7. The van der Waals surface area contributed by atoms with Crippen molar-refractivity contribution in [2.75, 3.05) is 6.54 Å². The summed E-state index contributed by atoms with van der Waals surface area (Å²) in [7, 11) is 0. The number of oxazole rings is 1. The van der Waals surface area contributed by atoms with Gasteiger partial charge in [-0.3, -0.25) is 9.36 Å². The van der Waals surface area contributed by atoms with E-state index in [1.54, 1.807) is 12.1 Å². The van der Waals surface area contributed by atoms with Crippen molar-refractivity contribution in [3.8, 4) is 5.69 Å². The third kappa shape index (κ3) is 6.90. The maximum Gasteiger partial charge on any atom is 0.273 e. The van der Waals surface area contributed by atoms with Gasteiger partial charge in [-0.25, -0.2) is 4.98 Å². The fraction of sp³-hybridized carbons (Fsp3) is 0.308. The molecule has 0 saturated carbocycles. The molecule has 188 valence electrons. The molecule has 4 rings (SSSR count). The zero-order chi connectivity index (χ0) is 25.3. The largest absolute Gasteiger partial charge is 0.447 e. The Morgan fingerprint density at radius 2 is 1.89 bits per heavy atom. The highest BCUT2D eigenvalue weighted by molar-refractivity contribution is 7.98. The van der Waals surface area contributed by atoms with Crippen molar-refractivity contribution < 1.29 is 9.21 Å². The third-order valence-electron chi connectivity index (χ3n) is 5.49. The average Bonchev–Trinajstić information content (AvgIpc) is 3.52. The molecule has 0 aliphatic carbocycles. The molecular weight excluding hydrogens is 517 g/mol. The normalized spacial score (nSPS) is 11.1. The number of halogens is 2. The van der Waals surface area contributed by atoms with Gasteiger partial charge < -0.3 is 9.73 Å². The molecule has 2 aromatic heterocycles. The summed E-state index contributed by atoms with van der Waals surface area (Å²) in [6, 6.07) is 15.5. The Labute approximate surface area is 224 Å². The molecule has 0 fully saturated rings. The van der Waals surface area contributed by atoms with Gasteiger partial charge in [0, 0.05) is 13.0 Å². The van der Waals surface area contributed by atoms with E-state index in [-0.39, 0.29) is 11.6 Å². The second-order valence-electron chi connectivity index (χ2n) is 8.23. The van der Waals surface area contributed by atoms with Gasteiger partial charge in [-0.1, -0.05) is 91.5 Å². The molecule has 0 aliphatic heterocycles. The molecule has 36 heavy (non-hydrogen) atoms. The molecule has 0 atom stereocenters. The molecule has 4 aromatic rings. The lowest BCUT2D eigenvalue weighted by Crippen LogP contribution is -2.24. The van der Waals surface area contributed by atoms with E-state index in [9.17, 15) is 4.79 Å². The van der Waals surface area contributed by atoms with Crippen LogP contribution < -0.4 is 5.32 Å². The summed E-state index contributed by atoms with van der Waals surface area (Å²) in [6.07, 6.45) is 6.36. The smallest absolute Gasteiger partial charge is 0.273 e. The Morgan fingerprint density at radius 3 is 2.67 bits per heavy atom. The van der Waals surface area contributed by atoms with Crippen LogP contribution in [0, 0.1) is 0 Å². The summed E-state index contributed by atoms with van der Waals surface area (Å²) in [5.41, 5.74) is 2.19. The lowest BCUT2D eigenvalue weighted by molar-refractivity contribution is 0.0948. The minimum atomic E-state index is -0.226. The average molecular weight is 545 g/mol. The highest BCUT2D eigenvalue weighted by Gasteiger charge is 2.18. The third-order valence-corrected chi connectivity index (χ3v) is 7.14. The monoisotopic (exact) mass is 543 g/mol. The molecule has 0 bridgehead atoms. The van der Waals surface area contributed by atoms with Crippen molar-refractivity contribution in [2.45, 2.75) is 49.9 Å². The van der Waals surface area contributed by atoms with Gasteiger partial charge in [-0.2, -0.15) is 0 Å². The predicted molar refractivity (Wildman–Crippen MR) is 143 cm³/mol. The van der Waals surface area contributed by atoms with Crippen molar-refractivity contribution in [2.24, 2.45) is 0 Å². The highest BCUT2D eigenvalue weighted by atomic mass is 35.5. The van der Waals surface area contributed by atoms with Crippen LogP contribution in [0.5, 0.6) is 0 Å². The summed E-state index contributed by atoms with van der Waals surface area (Å²) in [5, 5.41) is 13.3. The second kappa shape index (κ2) is 12.9. The molecule has 1 N–H and O–H groups in total. The molecule has 2 heterocycles. The molecule has 0 unspecified atom stereocenters. The van der Waals surface area contributed by atoms with Crippen LogP contribution in [0.3, 0.4) is 0 Å². The van der Waals surface area contributed by atoms with Crippen LogP contribution >= 0.6 is 35.0 Å². The Hall–Kier alpha value is -2.81. The quantitative estimate of drug-likeness (QED) is 0.157. The van der Waals surface area contributed by atoms with Gasteiger partial charge in [-0.15, -0.1) is 10.2 Å². The first kappa shape index (κ1) is 26.3. The van der Waals surface area contributed by atoms with Gasteiger partial charge in [0.15, 0.2) is 10.9 Å². The number of aromatic nitrogens is 4. The number of amides is 1. The molecular formula is C26H27Cl2N5O2S. The fourth-order valence-corrected chi connectivity index (χ4v) is 4.74. The summed E-state index contributed by atoms with van der Waals surface area (Å²) < 4.78 is 7.50. The number of hydrogen-bond donors (Lipinski definition) is 1. The molecule has 7 nitrogen and oxygen atoms in total. The van der Waals surface area contributed by atoms with E-state index >= 15 is 0 Å². The first-order valence-corrected chi connectivity index (χ1v) is 13.6. The molecule has 10 heteroatoms. The van der Waals surface area contributed by atoms with Crippen molar-refractivity contribution in [3.63, 3.8) is 0 Å². The van der Waals surface area contributed by atoms with E-state index in [0.29, 0.717) is 39.8 Å². The zero-order valence-electron chi connectivity index (χ0n) is 19.9. The van der Waals surface area contributed by atoms with Gasteiger partial charge in [0.25, 0.3) is 5.91 Å². The van der Waals surface area contributed by atoms with Crippen molar-refractivity contribution in [1.29, 1.82) is 0 Å². The number of carbonyl (C=O) groups is 1. The lowest BCUT2D eigenvalue weighted by Gasteiger charge is -2.11. The van der Waals surface area contributed by atoms with Crippen LogP contribution in [-0.4, -0.2) is 32.2 Å². The van der Waals surface area contributed by atoms with Gasteiger partial charge in [0.2, 0.25) is 5.89 Å². The number of hydrogen-bond acceptors (Lipinski definition) is 6. The van der Waals surface area contributed by atoms with E-state index in [4.69, 9.17) is 27.6 Å². The Balaban J connectivity index is 1.47. The summed E-state index contributed by atoms with van der Waals surface area (Å²) in [5.74, 6) is 1.35.